The van der Waals surface area contributed by atoms with E-state index in [9.17, 15) is 4.79 Å². The second-order valence-corrected chi connectivity index (χ2v) is 8.08. The number of rotatable bonds is 4. The van der Waals surface area contributed by atoms with Crippen LogP contribution in [-0.4, -0.2) is 31.0 Å². The van der Waals surface area contributed by atoms with Crippen molar-refractivity contribution in [3.8, 4) is 0 Å². The number of carbonyl (C=O) groups excluding carboxylic acids is 1. The van der Waals surface area contributed by atoms with Crippen LogP contribution in [0.1, 0.15) is 28.6 Å². The molecule has 1 aromatic heterocycles. The highest BCUT2D eigenvalue weighted by atomic mass is 35.5. The number of carbonyl (C=O) groups is 1. The van der Waals surface area contributed by atoms with Gasteiger partial charge >= 0.3 is 0 Å². The lowest BCUT2D eigenvalue weighted by molar-refractivity contribution is -0.129. The quantitative estimate of drug-likeness (QED) is 0.436. The van der Waals surface area contributed by atoms with Crippen molar-refractivity contribution in [2.24, 2.45) is 0 Å². The SMILES string of the molecule is O=C1/C(=C/c2ccccc2)Cn2nnnc2C(c2ccc(Cl)cc2)N1Cc1ccccc1. The molecular weight excluding hydrogens is 422 g/mol. The zero-order valence-corrected chi connectivity index (χ0v) is 17.9. The fourth-order valence-corrected chi connectivity index (χ4v) is 4.09. The van der Waals surface area contributed by atoms with Gasteiger partial charge in [-0.1, -0.05) is 84.4 Å². The van der Waals surface area contributed by atoms with Gasteiger partial charge in [0.15, 0.2) is 5.82 Å². The van der Waals surface area contributed by atoms with Crippen LogP contribution in [-0.2, 0) is 17.9 Å². The molecule has 158 valence electrons. The van der Waals surface area contributed by atoms with Crippen LogP contribution in [0.3, 0.4) is 0 Å². The van der Waals surface area contributed by atoms with Crippen LogP contribution >= 0.6 is 11.6 Å². The second kappa shape index (κ2) is 8.77. The van der Waals surface area contributed by atoms with E-state index in [2.05, 4.69) is 15.5 Å². The van der Waals surface area contributed by atoms with Crippen LogP contribution in [0.5, 0.6) is 0 Å². The Balaban J connectivity index is 1.65. The van der Waals surface area contributed by atoms with Gasteiger partial charge in [-0.25, -0.2) is 4.68 Å². The molecule has 32 heavy (non-hydrogen) atoms. The second-order valence-electron chi connectivity index (χ2n) is 7.65. The van der Waals surface area contributed by atoms with E-state index in [1.54, 1.807) is 4.68 Å². The van der Waals surface area contributed by atoms with E-state index in [0.29, 0.717) is 29.5 Å². The Hall–Kier alpha value is -3.77. The highest BCUT2D eigenvalue weighted by Gasteiger charge is 2.36. The molecule has 6 nitrogen and oxygen atoms in total. The van der Waals surface area contributed by atoms with Gasteiger partial charge in [0.1, 0.15) is 6.04 Å². The standard InChI is InChI=1S/C25H20ClN5O/c26-22-13-11-20(12-14-22)23-24-27-28-29-31(24)17-21(15-18-7-3-1-4-8-18)25(32)30(23)16-19-9-5-2-6-10-19/h1-15,23H,16-17H2/b21-15+. The van der Waals surface area contributed by atoms with Gasteiger partial charge in [-0.3, -0.25) is 4.79 Å². The van der Waals surface area contributed by atoms with Crippen LogP contribution in [0.2, 0.25) is 5.02 Å². The molecule has 2 heterocycles. The number of hydrogen-bond donors (Lipinski definition) is 0. The maximum Gasteiger partial charge on any atom is 0.252 e. The van der Waals surface area contributed by atoms with Crippen LogP contribution in [0, 0.1) is 0 Å². The van der Waals surface area contributed by atoms with E-state index in [0.717, 1.165) is 16.7 Å². The molecule has 1 amide bonds. The van der Waals surface area contributed by atoms with Crippen LogP contribution in [0.4, 0.5) is 0 Å². The molecule has 0 spiro atoms. The van der Waals surface area contributed by atoms with E-state index < -0.39 is 6.04 Å². The normalized spacial score (nSPS) is 17.3. The maximum atomic E-state index is 13.9. The molecular formula is C25H20ClN5O. The number of tetrazole rings is 1. The molecule has 0 saturated carbocycles. The summed E-state index contributed by atoms with van der Waals surface area (Å²) in [7, 11) is 0. The Bertz CT molecular complexity index is 1250. The van der Waals surface area contributed by atoms with Crippen molar-refractivity contribution in [3.05, 3.63) is 118 Å². The predicted molar refractivity (Wildman–Crippen MR) is 123 cm³/mol. The molecule has 4 aromatic rings. The van der Waals surface area contributed by atoms with Gasteiger partial charge in [-0.05, 0) is 45.3 Å². The summed E-state index contributed by atoms with van der Waals surface area (Å²) >= 11 is 6.14. The fourth-order valence-electron chi connectivity index (χ4n) is 3.97. The first-order chi connectivity index (χ1) is 15.7. The van der Waals surface area contributed by atoms with Crippen molar-refractivity contribution in [1.82, 2.24) is 25.1 Å². The molecule has 5 rings (SSSR count). The summed E-state index contributed by atoms with van der Waals surface area (Å²) in [5, 5.41) is 13.1. The van der Waals surface area contributed by atoms with Gasteiger partial charge in [-0.2, -0.15) is 0 Å². The van der Waals surface area contributed by atoms with Gasteiger partial charge in [-0.15, -0.1) is 5.10 Å². The first-order valence-electron chi connectivity index (χ1n) is 10.3. The first kappa shape index (κ1) is 20.2. The minimum Gasteiger partial charge on any atom is -0.320 e. The minimum atomic E-state index is -0.448. The third-order valence-electron chi connectivity index (χ3n) is 5.49. The number of aromatic nitrogens is 4. The Morgan fingerprint density at radius 3 is 2.34 bits per heavy atom. The lowest BCUT2D eigenvalue weighted by Crippen LogP contribution is -2.35. The summed E-state index contributed by atoms with van der Waals surface area (Å²) in [4.78, 5) is 15.7. The zero-order chi connectivity index (χ0) is 21.9. The molecule has 0 fully saturated rings. The molecule has 1 aliphatic rings. The van der Waals surface area contributed by atoms with Gasteiger partial charge in [0.2, 0.25) is 0 Å². The number of benzene rings is 3. The number of nitrogens with zero attached hydrogens (tertiary/aromatic N) is 5. The molecule has 1 aliphatic heterocycles. The van der Waals surface area contributed by atoms with Crippen molar-refractivity contribution >= 4 is 23.6 Å². The van der Waals surface area contributed by atoms with Crippen LogP contribution in [0.15, 0.2) is 90.5 Å². The van der Waals surface area contributed by atoms with Crippen molar-refractivity contribution in [2.75, 3.05) is 0 Å². The lowest BCUT2D eigenvalue weighted by Gasteiger charge is -2.30. The summed E-state index contributed by atoms with van der Waals surface area (Å²) in [6.45, 7) is 0.720. The van der Waals surface area contributed by atoms with E-state index in [1.165, 1.54) is 0 Å². The van der Waals surface area contributed by atoms with Crippen LogP contribution in [0.25, 0.3) is 6.08 Å². The average Bonchev–Trinajstić information content (AvgIpc) is 3.24. The predicted octanol–water partition coefficient (Wildman–Crippen LogP) is 4.54. The summed E-state index contributed by atoms with van der Waals surface area (Å²) < 4.78 is 1.71. The monoisotopic (exact) mass is 441 g/mol. The highest BCUT2D eigenvalue weighted by Crippen LogP contribution is 2.34. The minimum absolute atomic E-state index is 0.0649. The number of halogens is 1. The van der Waals surface area contributed by atoms with E-state index in [-0.39, 0.29) is 5.91 Å². The Kier molecular flexibility index (Phi) is 5.52. The number of amides is 1. The van der Waals surface area contributed by atoms with Crippen molar-refractivity contribution in [1.29, 1.82) is 0 Å². The molecule has 1 unspecified atom stereocenters. The first-order valence-corrected chi connectivity index (χ1v) is 10.7. The van der Waals surface area contributed by atoms with Crippen molar-refractivity contribution < 1.29 is 4.79 Å². The van der Waals surface area contributed by atoms with E-state index in [1.807, 2.05) is 95.9 Å². The summed E-state index contributed by atoms with van der Waals surface area (Å²) in [6, 6.07) is 26.8. The number of hydrogen-bond acceptors (Lipinski definition) is 4. The van der Waals surface area contributed by atoms with E-state index >= 15 is 0 Å². The van der Waals surface area contributed by atoms with Gasteiger partial charge in [0.25, 0.3) is 5.91 Å². The largest absolute Gasteiger partial charge is 0.320 e. The molecule has 0 radical (unpaired) electrons. The lowest BCUT2D eigenvalue weighted by atomic mass is 10.0. The molecule has 7 heteroatoms. The molecule has 0 aliphatic carbocycles. The molecule has 0 N–H and O–H groups in total. The van der Waals surface area contributed by atoms with Crippen molar-refractivity contribution in [3.63, 3.8) is 0 Å². The zero-order valence-electron chi connectivity index (χ0n) is 17.2. The molecule has 3 aromatic carbocycles. The molecule has 0 saturated heterocycles. The fraction of sp³-hybridized carbons (Fsp3) is 0.120. The third-order valence-corrected chi connectivity index (χ3v) is 5.75. The topological polar surface area (TPSA) is 63.9 Å². The highest BCUT2D eigenvalue weighted by molar-refractivity contribution is 6.30. The third kappa shape index (κ3) is 4.05. The maximum absolute atomic E-state index is 13.9. The van der Waals surface area contributed by atoms with E-state index in [4.69, 9.17) is 11.6 Å². The smallest absolute Gasteiger partial charge is 0.252 e. The number of fused-ring (bicyclic) bond motifs is 1. The molecule has 1 atom stereocenters. The Morgan fingerprint density at radius 2 is 1.62 bits per heavy atom. The van der Waals surface area contributed by atoms with Crippen LogP contribution < -0.4 is 0 Å². The van der Waals surface area contributed by atoms with Gasteiger partial charge in [0, 0.05) is 17.1 Å². The average molecular weight is 442 g/mol. The Morgan fingerprint density at radius 1 is 0.938 bits per heavy atom. The summed E-state index contributed by atoms with van der Waals surface area (Å²) in [5.41, 5.74) is 3.50. The Labute approximate surface area is 190 Å². The molecule has 0 bridgehead atoms. The summed E-state index contributed by atoms with van der Waals surface area (Å²) in [6.07, 6.45) is 1.91. The summed E-state index contributed by atoms with van der Waals surface area (Å²) in [5.74, 6) is 0.554. The van der Waals surface area contributed by atoms with Crippen molar-refractivity contribution in [2.45, 2.75) is 19.1 Å². The van der Waals surface area contributed by atoms with Gasteiger partial charge in [0.05, 0.1) is 6.54 Å². The van der Waals surface area contributed by atoms with Gasteiger partial charge < -0.3 is 4.90 Å².